The molecule has 1 aromatic rings. The lowest BCUT2D eigenvalue weighted by molar-refractivity contribution is -0.143. The lowest BCUT2D eigenvalue weighted by Crippen LogP contribution is -2.58. The third kappa shape index (κ3) is 13.6. The van der Waals surface area contributed by atoms with Gasteiger partial charge in [0.15, 0.2) is 5.96 Å². The number of nitrogens with zero attached hydrogens (tertiary/aromatic N) is 1. The highest BCUT2D eigenvalue weighted by molar-refractivity contribution is 5.96. The van der Waals surface area contributed by atoms with Crippen molar-refractivity contribution in [2.45, 2.75) is 62.7 Å². The fraction of sp³-hybridized carbons (Fsp3) is 0.458. The molecule has 226 valence electrons. The predicted molar refractivity (Wildman–Crippen MR) is 144 cm³/mol. The molecule has 0 saturated carbocycles. The number of carboxylic acid groups (broad SMARTS) is 2. The molecule has 0 aliphatic heterocycles. The number of primary amides is 1. The van der Waals surface area contributed by atoms with E-state index in [0.717, 1.165) is 0 Å². The van der Waals surface area contributed by atoms with Crippen molar-refractivity contribution in [3.8, 4) is 5.75 Å². The zero-order valence-electron chi connectivity index (χ0n) is 22.1. The second-order valence-electron chi connectivity index (χ2n) is 9.05. The van der Waals surface area contributed by atoms with Crippen LogP contribution in [0.15, 0.2) is 29.3 Å². The summed E-state index contributed by atoms with van der Waals surface area (Å²) >= 11 is 0. The van der Waals surface area contributed by atoms with Crippen molar-refractivity contribution >= 4 is 41.5 Å². The zero-order valence-corrected chi connectivity index (χ0v) is 22.1. The van der Waals surface area contributed by atoms with Gasteiger partial charge in [-0.25, -0.2) is 4.79 Å². The summed E-state index contributed by atoms with van der Waals surface area (Å²) in [5.74, 6) is -6.71. The summed E-state index contributed by atoms with van der Waals surface area (Å²) in [7, 11) is 0. The molecule has 0 fully saturated rings. The number of benzene rings is 1. The Morgan fingerprint density at radius 2 is 1.37 bits per heavy atom. The molecular weight excluding hydrogens is 544 g/mol. The van der Waals surface area contributed by atoms with Crippen molar-refractivity contribution in [2.75, 3.05) is 6.54 Å². The summed E-state index contributed by atoms with van der Waals surface area (Å²) in [5.41, 5.74) is 22.0. The first-order valence-corrected chi connectivity index (χ1v) is 12.4. The number of hydrogen-bond acceptors (Lipinski definition) is 9. The number of guanidine groups is 1. The molecule has 14 N–H and O–H groups in total. The molecule has 4 amide bonds. The molecule has 17 nitrogen and oxygen atoms in total. The van der Waals surface area contributed by atoms with E-state index in [0.29, 0.717) is 12.0 Å². The Morgan fingerprint density at radius 3 is 1.90 bits per heavy atom. The van der Waals surface area contributed by atoms with E-state index in [-0.39, 0.29) is 31.1 Å². The number of aromatic hydroxyl groups is 1. The number of phenols is 1. The highest BCUT2D eigenvalue weighted by atomic mass is 16.4. The van der Waals surface area contributed by atoms with Crippen LogP contribution in [0.1, 0.15) is 37.7 Å². The Kier molecular flexibility index (Phi) is 14.1. The topological polar surface area (TPSA) is 316 Å². The number of nitrogens with one attached hydrogen (secondary N) is 3. The van der Waals surface area contributed by atoms with E-state index >= 15 is 0 Å². The lowest BCUT2D eigenvalue weighted by atomic mass is 10.0. The Morgan fingerprint density at radius 1 is 0.805 bits per heavy atom. The first-order valence-electron chi connectivity index (χ1n) is 12.4. The van der Waals surface area contributed by atoms with Crippen molar-refractivity contribution in [3.63, 3.8) is 0 Å². The van der Waals surface area contributed by atoms with E-state index in [4.69, 9.17) is 28.0 Å². The maximum atomic E-state index is 13.1. The molecule has 41 heavy (non-hydrogen) atoms. The first-order chi connectivity index (χ1) is 19.2. The normalized spacial score (nSPS) is 13.5. The largest absolute Gasteiger partial charge is 0.508 e. The summed E-state index contributed by atoms with van der Waals surface area (Å²) in [6, 6.07) is -0.131. The van der Waals surface area contributed by atoms with Crippen LogP contribution in [-0.2, 0) is 35.2 Å². The van der Waals surface area contributed by atoms with Crippen LogP contribution in [0.3, 0.4) is 0 Å². The van der Waals surface area contributed by atoms with Gasteiger partial charge in [-0.2, -0.15) is 0 Å². The summed E-state index contributed by atoms with van der Waals surface area (Å²) in [6.07, 6.45) is -1.37. The van der Waals surface area contributed by atoms with E-state index in [1.165, 1.54) is 24.3 Å². The van der Waals surface area contributed by atoms with E-state index < -0.39 is 79.0 Å². The number of aliphatic imine (C=N–C) groups is 1. The first kappa shape index (κ1) is 34.1. The van der Waals surface area contributed by atoms with Gasteiger partial charge in [0.25, 0.3) is 0 Å². The van der Waals surface area contributed by atoms with Crippen LogP contribution in [0, 0.1) is 0 Å². The van der Waals surface area contributed by atoms with Gasteiger partial charge in [0.05, 0.1) is 12.5 Å². The molecule has 0 spiro atoms. The summed E-state index contributed by atoms with van der Waals surface area (Å²) < 4.78 is 0. The molecule has 1 rings (SSSR count). The number of hydrogen-bond donors (Lipinski definition) is 10. The van der Waals surface area contributed by atoms with Crippen LogP contribution < -0.4 is 38.9 Å². The summed E-state index contributed by atoms with van der Waals surface area (Å²) in [6.45, 7) is 0.201. The van der Waals surface area contributed by atoms with Crippen molar-refractivity contribution in [2.24, 2.45) is 27.9 Å². The van der Waals surface area contributed by atoms with Crippen LogP contribution >= 0.6 is 0 Å². The highest BCUT2D eigenvalue weighted by Gasteiger charge is 2.31. The standard InChI is InChI=1S/C24H36N8O9/c25-14(2-1-9-29-24(27)28)20(37)31-17(11-18(26)34)22(39)32-16(10-12-3-5-13(33)6-4-12)21(38)30-15(23(40)41)7-8-19(35)36/h3-6,14-17,33H,1-2,7-11,25H2,(H2,26,34)(H,30,38)(H,31,37)(H,32,39)(H,35,36)(H,40,41)(H4,27,28,29). The number of carbonyl (C=O) groups is 6. The minimum absolute atomic E-state index is 0.0720. The number of rotatable bonds is 18. The van der Waals surface area contributed by atoms with Crippen molar-refractivity contribution in [3.05, 3.63) is 29.8 Å². The van der Waals surface area contributed by atoms with Gasteiger partial charge >= 0.3 is 11.9 Å². The number of carbonyl (C=O) groups excluding carboxylic acids is 4. The summed E-state index contributed by atoms with van der Waals surface area (Å²) in [4.78, 5) is 76.6. The second kappa shape index (κ2) is 16.9. The SMILES string of the molecule is NC(=O)CC(NC(=O)C(N)CCCN=C(N)N)C(=O)NC(Cc1ccc(O)cc1)C(=O)NC(CCC(=O)O)C(=O)O. The van der Waals surface area contributed by atoms with E-state index in [1.807, 2.05) is 0 Å². The zero-order chi connectivity index (χ0) is 31.1. The average molecular weight is 581 g/mol. The number of nitrogens with two attached hydrogens (primary N) is 4. The molecule has 0 aliphatic carbocycles. The van der Waals surface area contributed by atoms with Gasteiger partial charge in [-0.05, 0) is 37.0 Å². The van der Waals surface area contributed by atoms with Gasteiger partial charge in [-0.15, -0.1) is 0 Å². The average Bonchev–Trinajstić information content (AvgIpc) is 2.88. The van der Waals surface area contributed by atoms with E-state index in [1.54, 1.807) is 0 Å². The van der Waals surface area contributed by atoms with Crippen molar-refractivity contribution in [1.82, 2.24) is 16.0 Å². The van der Waals surface area contributed by atoms with Gasteiger partial charge in [0, 0.05) is 19.4 Å². The Bertz CT molecular complexity index is 1120. The van der Waals surface area contributed by atoms with E-state index in [9.17, 15) is 39.0 Å². The molecular formula is C24H36N8O9. The van der Waals surface area contributed by atoms with Gasteiger partial charge in [-0.1, -0.05) is 12.1 Å². The summed E-state index contributed by atoms with van der Waals surface area (Å²) in [5, 5.41) is 34.7. The fourth-order valence-corrected chi connectivity index (χ4v) is 3.49. The Hall–Kier alpha value is -4.93. The van der Waals surface area contributed by atoms with Gasteiger partial charge in [0.2, 0.25) is 23.6 Å². The highest BCUT2D eigenvalue weighted by Crippen LogP contribution is 2.12. The molecule has 17 heteroatoms. The molecule has 0 bridgehead atoms. The second-order valence-corrected chi connectivity index (χ2v) is 9.05. The van der Waals surface area contributed by atoms with Crippen LogP contribution in [0.25, 0.3) is 0 Å². The fourth-order valence-electron chi connectivity index (χ4n) is 3.49. The van der Waals surface area contributed by atoms with Gasteiger partial charge in [0.1, 0.15) is 23.9 Å². The Balaban J connectivity index is 3.10. The van der Waals surface area contributed by atoms with Crippen LogP contribution in [0.4, 0.5) is 0 Å². The number of carboxylic acids is 2. The quantitative estimate of drug-likeness (QED) is 0.0461. The van der Waals surface area contributed by atoms with Gasteiger partial charge < -0.3 is 54.2 Å². The predicted octanol–water partition coefficient (Wildman–Crippen LogP) is -3.41. The minimum Gasteiger partial charge on any atom is -0.508 e. The third-order valence-corrected chi connectivity index (χ3v) is 5.61. The molecule has 0 aromatic heterocycles. The monoisotopic (exact) mass is 580 g/mol. The maximum Gasteiger partial charge on any atom is 0.326 e. The lowest BCUT2D eigenvalue weighted by Gasteiger charge is -2.25. The number of aliphatic carboxylic acids is 2. The molecule has 0 saturated heterocycles. The van der Waals surface area contributed by atoms with Crippen LogP contribution in [0.5, 0.6) is 5.75 Å². The third-order valence-electron chi connectivity index (χ3n) is 5.61. The molecule has 4 atom stereocenters. The van der Waals surface area contributed by atoms with Crippen LogP contribution in [-0.4, -0.2) is 87.6 Å². The van der Waals surface area contributed by atoms with Crippen molar-refractivity contribution in [1.29, 1.82) is 0 Å². The Labute approximate surface area is 234 Å². The molecule has 0 radical (unpaired) electrons. The van der Waals surface area contributed by atoms with E-state index in [2.05, 4.69) is 20.9 Å². The number of phenolic OH excluding ortho intramolecular Hbond substituents is 1. The van der Waals surface area contributed by atoms with Gasteiger partial charge in [-0.3, -0.25) is 29.0 Å². The molecule has 0 heterocycles. The molecule has 1 aromatic carbocycles. The maximum absolute atomic E-state index is 13.1. The molecule has 4 unspecified atom stereocenters. The van der Waals surface area contributed by atoms with Crippen LogP contribution in [0.2, 0.25) is 0 Å². The molecule has 0 aliphatic rings. The minimum atomic E-state index is -1.59. The van der Waals surface area contributed by atoms with Crippen molar-refractivity contribution < 1.29 is 44.1 Å². The smallest absolute Gasteiger partial charge is 0.326 e. The number of amides is 4.